The van der Waals surface area contributed by atoms with Gasteiger partial charge < -0.3 is 0 Å². The van der Waals surface area contributed by atoms with E-state index in [0.29, 0.717) is 6.07 Å². The standard InChI is InChI=1S/C7H3F3N3O2/c8-7(9,10)6-4(12-11)2-1-3-5(6)13(14)15/h1-3H/q+1. The summed E-state index contributed by atoms with van der Waals surface area (Å²) in [6.45, 7) is 0. The Morgan fingerprint density at radius 1 is 1.40 bits per heavy atom. The summed E-state index contributed by atoms with van der Waals surface area (Å²) in [5.41, 5.74) is -3.58. The van der Waals surface area contributed by atoms with Crippen LogP contribution in [0.2, 0.25) is 0 Å². The van der Waals surface area contributed by atoms with E-state index in [-0.39, 0.29) is 0 Å². The minimum absolute atomic E-state index is 0.692. The zero-order valence-corrected chi connectivity index (χ0v) is 7.02. The van der Waals surface area contributed by atoms with Crippen LogP contribution in [0.25, 0.3) is 4.98 Å². The van der Waals surface area contributed by atoms with Crippen LogP contribution in [-0.2, 0) is 6.18 Å². The van der Waals surface area contributed by atoms with E-state index in [1.165, 1.54) is 0 Å². The maximum atomic E-state index is 12.4. The Labute approximate surface area is 80.9 Å². The lowest BCUT2D eigenvalue weighted by atomic mass is 10.1. The molecule has 0 aliphatic rings. The summed E-state index contributed by atoms with van der Waals surface area (Å²) in [7, 11) is 0. The molecule has 15 heavy (non-hydrogen) atoms. The second-order valence-corrected chi connectivity index (χ2v) is 2.53. The zero-order chi connectivity index (χ0) is 11.6. The molecular weight excluding hydrogens is 215 g/mol. The highest BCUT2D eigenvalue weighted by molar-refractivity contribution is 5.62. The van der Waals surface area contributed by atoms with Crippen LogP contribution in [0.1, 0.15) is 5.56 Å². The molecule has 0 spiro atoms. The van der Waals surface area contributed by atoms with E-state index >= 15 is 0 Å². The first-order chi connectivity index (χ1) is 6.88. The van der Waals surface area contributed by atoms with Gasteiger partial charge in [0.2, 0.25) is 11.0 Å². The van der Waals surface area contributed by atoms with Crippen molar-refractivity contribution in [3.05, 3.63) is 38.9 Å². The van der Waals surface area contributed by atoms with Crippen LogP contribution in [0.5, 0.6) is 0 Å². The number of hydrogen-bond donors (Lipinski definition) is 0. The van der Waals surface area contributed by atoms with Crippen LogP contribution in [0.15, 0.2) is 18.2 Å². The van der Waals surface area contributed by atoms with E-state index in [1.54, 1.807) is 0 Å². The van der Waals surface area contributed by atoms with E-state index in [9.17, 15) is 23.3 Å². The highest BCUT2D eigenvalue weighted by atomic mass is 19.4. The van der Waals surface area contributed by atoms with Crippen LogP contribution in [-0.4, -0.2) is 4.92 Å². The van der Waals surface area contributed by atoms with Crippen LogP contribution in [0.3, 0.4) is 0 Å². The number of rotatable bonds is 1. The fourth-order valence-electron chi connectivity index (χ4n) is 1.05. The van der Waals surface area contributed by atoms with Crippen molar-refractivity contribution in [1.29, 1.82) is 5.39 Å². The Bertz CT molecular complexity index is 450. The van der Waals surface area contributed by atoms with Crippen molar-refractivity contribution < 1.29 is 18.1 Å². The Hall–Kier alpha value is -2.17. The molecule has 0 saturated carbocycles. The van der Waals surface area contributed by atoms with Crippen molar-refractivity contribution in [2.24, 2.45) is 0 Å². The topological polar surface area (TPSA) is 71.3 Å². The number of nitro benzene ring substituents is 1. The highest BCUT2D eigenvalue weighted by Gasteiger charge is 2.46. The van der Waals surface area contributed by atoms with Gasteiger partial charge in [-0.15, -0.1) is 0 Å². The zero-order valence-electron chi connectivity index (χ0n) is 7.02. The normalized spacial score (nSPS) is 10.8. The first kappa shape index (κ1) is 10.9. The lowest BCUT2D eigenvalue weighted by molar-refractivity contribution is -0.387. The van der Waals surface area contributed by atoms with Gasteiger partial charge in [-0.1, -0.05) is 0 Å². The molecule has 8 heteroatoms. The second kappa shape index (κ2) is 3.53. The first-order valence-electron chi connectivity index (χ1n) is 3.57. The minimum atomic E-state index is -4.94. The fourth-order valence-corrected chi connectivity index (χ4v) is 1.05. The van der Waals surface area contributed by atoms with E-state index in [4.69, 9.17) is 5.39 Å². The molecule has 5 nitrogen and oxygen atoms in total. The number of diazo groups is 1. The summed E-state index contributed by atoms with van der Waals surface area (Å²) in [4.78, 5) is 11.5. The summed E-state index contributed by atoms with van der Waals surface area (Å²) in [5.74, 6) is 0. The Kier molecular flexibility index (Phi) is 2.57. The van der Waals surface area contributed by atoms with Crippen molar-refractivity contribution >= 4 is 11.4 Å². The molecular formula is C7H3F3N3O2+. The summed E-state index contributed by atoms with van der Waals surface area (Å²) in [6.07, 6.45) is -4.94. The lowest BCUT2D eigenvalue weighted by Gasteiger charge is -2.03. The number of nitro groups is 1. The number of benzene rings is 1. The smallest absolute Gasteiger partial charge is 0.258 e. The Balaban J connectivity index is 3.57. The molecule has 1 aromatic carbocycles. The molecule has 1 rings (SSSR count). The summed E-state index contributed by atoms with van der Waals surface area (Å²) < 4.78 is 37.1. The van der Waals surface area contributed by atoms with Gasteiger partial charge in [-0.05, 0) is 6.07 Å². The van der Waals surface area contributed by atoms with Gasteiger partial charge in [0.05, 0.1) is 4.92 Å². The average Bonchev–Trinajstić information content (AvgIpc) is 2.15. The van der Waals surface area contributed by atoms with Crippen molar-refractivity contribution in [3.63, 3.8) is 0 Å². The number of halogens is 3. The molecule has 0 amide bonds. The largest absolute Gasteiger partial charge is 0.430 e. The van der Waals surface area contributed by atoms with Gasteiger partial charge in [-0.25, -0.2) is 0 Å². The van der Waals surface area contributed by atoms with Gasteiger partial charge in [0.1, 0.15) is 0 Å². The van der Waals surface area contributed by atoms with Crippen molar-refractivity contribution in [2.75, 3.05) is 0 Å². The number of hydrogen-bond acceptors (Lipinski definition) is 3. The molecule has 0 unspecified atom stereocenters. The molecule has 0 N–H and O–H groups in total. The molecule has 0 fully saturated rings. The molecule has 0 aliphatic carbocycles. The first-order valence-corrected chi connectivity index (χ1v) is 3.57. The molecule has 0 bridgehead atoms. The van der Waals surface area contributed by atoms with Crippen LogP contribution in [0, 0.1) is 15.5 Å². The lowest BCUT2D eigenvalue weighted by Crippen LogP contribution is -2.08. The summed E-state index contributed by atoms with van der Waals surface area (Å²) in [6, 6.07) is 2.52. The van der Waals surface area contributed by atoms with Crippen LogP contribution >= 0.6 is 0 Å². The highest BCUT2D eigenvalue weighted by Crippen LogP contribution is 2.42. The Morgan fingerprint density at radius 2 is 2.00 bits per heavy atom. The van der Waals surface area contributed by atoms with Crippen molar-refractivity contribution in [1.82, 2.24) is 0 Å². The Morgan fingerprint density at radius 3 is 2.40 bits per heavy atom. The van der Waals surface area contributed by atoms with Gasteiger partial charge in [-0.2, -0.15) is 13.2 Å². The predicted molar refractivity (Wildman–Crippen MR) is 42.8 cm³/mol. The third-order valence-electron chi connectivity index (χ3n) is 1.61. The van der Waals surface area contributed by atoms with E-state index < -0.39 is 28.0 Å². The number of nitrogens with zero attached hydrogens (tertiary/aromatic N) is 3. The van der Waals surface area contributed by atoms with Crippen LogP contribution in [0.4, 0.5) is 24.5 Å². The molecule has 0 radical (unpaired) electrons. The van der Waals surface area contributed by atoms with Gasteiger partial charge in [-0.3, -0.25) is 10.1 Å². The molecule has 0 saturated heterocycles. The molecule has 0 heterocycles. The third kappa shape index (κ3) is 2.01. The maximum absolute atomic E-state index is 12.4. The van der Waals surface area contributed by atoms with Gasteiger partial charge >= 0.3 is 11.9 Å². The summed E-state index contributed by atoms with van der Waals surface area (Å²) in [5, 5.41) is 18.6. The molecule has 0 aromatic heterocycles. The fraction of sp³-hybridized carbons (Fsp3) is 0.143. The number of alkyl halides is 3. The molecule has 1 aromatic rings. The van der Waals surface area contributed by atoms with Gasteiger partial charge in [0, 0.05) is 12.1 Å². The van der Waals surface area contributed by atoms with E-state index in [0.717, 1.165) is 12.1 Å². The van der Waals surface area contributed by atoms with Crippen molar-refractivity contribution in [2.45, 2.75) is 6.18 Å². The third-order valence-corrected chi connectivity index (χ3v) is 1.61. The molecule has 0 atom stereocenters. The predicted octanol–water partition coefficient (Wildman–Crippen LogP) is 3.10. The molecule has 78 valence electrons. The molecule has 0 aliphatic heterocycles. The van der Waals surface area contributed by atoms with Gasteiger partial charge in [0.25, 0.3) is 5.69 Å². The van der Waals surface area contributed by atoms with E-state index in [2.05, 4.69) is 4.98 Å². The minimum Gasteiger partial charge on any atom is -0.258 e. The van der Waals surface area contributed by atoms with Crippen molar-refractivity contribution in [3.8, 4) is 0 Å². The summed E-state index contributed by atoms with van der Waals surface area (Å²) >= 11 is 0. The monoisotopic (exact) mass is 218 g/mol. The second-order valence-electron chi connectivity index (χ2n) is 2.53. The van der Waals surface area contributed by atoms with Gasteiger partial charge in [0.15, 0.2) is 4.98 Å². The SMILES string of the molecule is N#[N+]c1cccc([N+](=O)[O-])c1C(F)(F)F. The van der Waals surface area contributed by atoms with E-state index in [1.807, 2.05) is 0 Å². The maximum Gasteiger partial charge on any atom is 0.430 e. The van der Waals surface area contributed by atoms with Crippen LogP contribution < -0.4 is 0 Å². The average molecular weight is 218 g/mol. The quantitative estimate of drug-likeness (QED) is 0.413.